The first-order chi connectivity index (χ1) is 9.65. The molecule has 1 fully saturated rings. The number of carbonyl (C=O) groups excluding carboxylic acids is 2. The Bertz CT molecular complexity index is 709. The number of hydrazine groups is 1. The van der Waals surface area contributed by atoms with Gasteiger partial charge >= 0.3 is 0 Å². The van der Waals surface area contributed by atoms with Crippen LogP contribution in [0.5, 0.6) is 0 Å². The lowest BCUT2D eigenvalue weighted by atomic mass is 10.2. The summed E-state index contributed by atoms with van der Waals surface area (Å²) < 4.78 is 0.931. The lowest BCUT2D eigenvalue weighted by molar-refractivity contribution is -0.117. The number of anilines is 1. The van der Waals surface area contributed by atoms with E-state index in [2.05, 4.69) is 21.4 Å². The number of nitrogens with one attached hydrogen (secondary N) is 1. The van der Waals surface area contributed by atoms with E-state index in [0.717, 1.165) is 9.35 Å². The zero-order valence-electron chi connectivity index (χ0n) is 10.2. The third kappa shape index (κ3) is 2.39. The molecular formula is C14H9BrN2O2S. The summed E-state index contributed by atoms with van der Waals surface area (Å²) in [6, 6.07) is 10.9. The molecular weight excluding hydrogens is 340 g/mol. The summed E-state index contributed by atoms with van der Waals surface area (Å²) >= 11 is 4.81. The van der Waals surface area contributed by atoms with Crippen molar-refractivity contribution < 1.29 is 9.59 Å². The summed E-state index contributed by atoms with van der Waals surface area (Å²) in [6.07, 6.45) is 1.61. The summed E-state index contributed by atoms with van der Waals surface area (Å²) in [6.45, 7) is 0. The lowest BCUT2D eigenvalue weighted by Crippen LogP contribution is -2.35. The van der Waals surface area contributed by atoms with Gasteiger partial charge in [0.05, 0.1) is 5.69 Å². The van der Waals surface area contributed by atoms with Crippen molar-refractivity contribution >= 4 is 50.8 Å². The Morgan fingerprint density at radius 3 is 2.60 bits per heavy atom. The maximum atomic E-state index is 12.3. The fourth-order valence-corrected chi connectivity index (χ4v) is 3.24. The second-order valence-electron chi connectivity index (χ2n) is 4.14. The molecule has 4 nitrogen and oxygen atoms in total. The van der Waals surface area contributed by atoms with E-state index < -0.39 is 0 Å². The highest BCUT2D eigenvalue weighted by atomic mass is 79.9. The molecule has 0 saturated carbocycles. The minimum atomic E-state index is -0.386. The van der Waals surface area contributed by atoms with E-state index >= 15 is 0 Å². The monoisotopic (exact) mass is 348 g/mol. The van der Waals surface area contributed by atoms with Crippen LogP contribution in [0.2, 0.25) is 0 Å². The van der Waals surface area contributed by atoms with E-state index in [4.69, 9.17) is 0 Å². The van der Waals surface area contributed by atoms with Gasteiger partial charge in [-0.3, -0.25) is 15.0 Å². The van der Waals surface area contributed by atoms with E-state index in [1.54, 1.807) is 18.2 Å². The molecule has 2 aromatic rings. The van der Waals surface area contributed by atoms with Gasteiger partial charge in [-0.05, 0) is 40.2 Å². The Labute approximate surface area is 127 Å². The van der Waals surface area contributed by atoms with E-state index in [9.17, 15) is 9.59 Å². The molecule has 0 radical (unpaired) electrons. The van der Waals surface area contributed by atoms with Gasteiger partial charge in [-0.15, -0.1) is 11.3 Å². The first-order valence-corrected chi connectivity index (χ1v) is 7.48. The van der Waals surface area contributed by atoms with Crippen LogP contribution in [-0.4, -0.2) is 11.8 Å². The summed E-state index contributed by atoms with van der Waals surface area (Å²) in [5.74, 6) is -0.728. The molecule has 0 bridgehead atoms. The minimum absolute atomic E-state index is 0.142. The Balaban J connectivity index is 1.93. The molecule has 1 aromatic heterocycles. The summed E-state index contributed by atoms with van der Waals surface area (Å²) in [5.41, 5.74) is 3.35. The van der Waals surface area contributed by atoms with Gasteiger partial charge < -0.3 is 0 Å². The van der Waals surface area contributed by atoms with Gasteiger partial charge in [-0.1, -0.05) is 18.2 Å². The second-order valence-corrected chi connectivity index (χ2v) is 6.00. The SMILES string of the molecule is O=C1NN(c2ccccc2)C(=O)C1=Cc1cc(Br)cs1. The molecule has 20 heavy (non-hydrogen) atoms. The molecule has 3 rings (SSSR count). The molecule has 1 aromatic carbocycles. The average molecular weight is 349 g/mol. The second kappa shape index (κ2) is 5.22. The van der Waals surface area contributed by atoms with Crippen LogP contribution in [0.25, 0.3) is 6.08 Å². The number of halogens is 1. The first-order valence-electron chi connectivity index (χ1n) is 5.81. The number of hydrogen-bond donors (Lipinski definition) is 1. The predicted molar refractivity (Wildman–Crippen MR) is 82.1 cm³/mol. The van der Waals surface area contributed by atoms with Crippen molar-refractivity contribution in [2.24, 2.45) is 0 Å². The topological polar surface area (TPSA) is 49.4 Å². The molecule has 0 atom stereocenters. The maximum absolute atomic E-state index is 12.3. The van der Waals surface area contributed by atoms with Crippen LogP contribution in [0.4, 0.5) is 5.69 Å². The van der Waals surface area contributed by atoms with Gasteiger partial charge in [0.15, 0.2) is 0 Å². The van der Waals surface area contributed by atoms with Gasteiger partial charge in [0.2, 0.25) is 0 Å². The molecule has 1 saturated heterocycles. The van der Waals surface area contributed by atoms with Crippen LogP contribution >= 0.6 is 27.3 Å². The number of para-hydroxylation sites is 1. The smallest absolute Gasteiger partial charge is 0.267 e. The Hall–Kier alpha value is -1.92. The van der Waals surface area contributed by atoms with Crippen molar-refractivity contribution in [3.8, 4) is 0 Å². The quantitative estimate of drug-likeness (QED) is 0.669. The van der Waals surface area contributed by atoms with E-state index in [0.29, 0.717) is 5.69 Å². The zero-order chi connectivity index (χ0) is 14.1. The number of amides is 2. The van der Waals surface area contributed by atoms with Crippen LogP contribution in [0.15, 0.2) is 51.8 Å². The van der Waals surface area contributed by atoms with Crippen LogP contribution in [0.3, 0.4) is 0 Å². The van der Waals surface area contributed by atoms with Gasteiger partial charge in [-0.25, -0.2) is 5.01 Å². The number of benzene rings is 1. The van der Waals surface area contributed by atoms with Crippen molar-refractivity contribution in [3.63, 3.8) is 0 Å². The van der Waals surface area contributed by atoms with Gasteiger partial charge in [0, 0.05) is 14.7 Å². The van der Waals surface area contributed by atoms with E-state index in [1.165, 1.54) is 16.3 Å². The van der Waals surface area contributed by atoms with Crippen LogP contribution in [-0.2, 0) is 9.59 Å². The number of hydrogen-bond acceptors (Lipinski definition) is 3. The highest BCUT2D eigenvalue weighted by molar-refractivity contribution is 9.10. The first kappa shape index (κ1) is 13.1. The molecule has 0 spiro atoms. The lowest BCUT2D eigenvalue weighted by Gasteiger charge is -2.13. The highest BCUT2D eigenvalue weighted by Gasteiger charge is 2.34. The minimum Gasteiger partial charge on any atom is -0.267 e. The zero-order valence-corrected chi connectivity index (χ0v) is 12.6. The summed E-state index contributed by atoms with van der Waals surface area (Å²) in [7, 11) is 0. The Morgan fingerprint density at radius 2 is 1.95 bits per heavy atom. The molecule has 100 valence electrons. The molecule has 0 unspecified atom stereocenters. The molecule has 1 N–H and O–H groups in total. The van der Waals surface area contributed by atoms with Gasteiger partial charge in [0.1, 0.15) is 5.57 Å². The third-order valence-corrected chi connectivity index (χ3v) is 4.42. The maximum Gasteiger partial charge on any atom is 0.282 e. The van der Waals surface area contributed by atoms with Crippen molar-refractivity contribution in [1.29, 1.82) is 0 Å². The normalized spacial score (nSPS) is 16.9. The van der Waals surface area contributed by atoms with Gasteiger partial charge in [-0.2, -0.15) is 0 Å². The average Bonchev–Trinajstić information content (AvgIpc) is 2.98. The van der Waals surface area contributed by atoms with E-state index in [1.807, 2.05) is 29.6 Å². The van der Waals surface area contributed by atoms with Crippen LogP contribution in [0, 0.1) is 0 Å². The predicted octanol–water partition coefficient (Wildman–Crippen LogP) is 2.97. The number of nitrogens with zero attached hydrogens (tertiary/aromatic N) is 1. The summed E-state index contributed by atoms with van der Waals surface area (Å²) in [4.78, 5) is 25.1. The molecule has 1 aliphatic rings. The van der Waals surface area contributed by atoms with Crippen molar-refractivity contribution in [3.05, 3.63) is 56.7 Å². The standard InChI is InChI=1S/C14H9BrN2O2S/c15-9-6-11(20-8-9)7-12-13(18)16-17(14(12)19)10-4-2-1-3-5-10/h1-8H,(H,16,18). The summed E-state index contributed by atoms with van der Waals surface area (Å²) in [5, 5.41) is 3.16. The van der Waals surface area contributed by atoms with Crippen LogP contribution in [0.1, 0.15) is 4.88 Å². The van der Waals surface area contributed by atoms with Gasteiger partial charge in [0.25, 0.3) is 11.8 Å². The number of carbonyl (C=O) groups is 2. The third-order valence-electron chi connectivity index (χ3n) is 2.78. The van der Waals surface area contributed by atoms with Crippen molar-refractivity contribution in [2.45, 2.75) is 0 Å². The van der Waals surface area contributed by atoms with E-state index in [-0.39, 0.29) is 17.4 Å². The number of thiophene rings is 1. The molecule has 2 heterocycles. The molecule has 6 heteroatoms. The Morgan fingerprint density at radius 1 is 1.20 bits per heavy atom. The van der Waals surface area contributed by atoms with Crippen molar-refractivity contribution in [1.82, 2.24) is 5.43 Å². The number of rotatable bonds is 2. The Kier molecular flexibility index (Phi) is 3.42. The fourth-order valence-electron chi connectivity index (χ4n) is 1.86. The molecule has 0 aliphatic carbocycles. The largest absolute Gasteiger partial charge is 0.282 e. The van der Waals surface area contributed by atoms with Crippen molar-refractivity contribution in [2.75, 3.05) is 5.01 Å². The fraction of sp³-hybridized carbons (Fsp3) is 0. The molecule has 2 amide bonds. The van der Waals surface area contributed by atoms with Crippen LogP contribution < -0.4 is 10.4 Å². The highest BCUT2D eigenvalue weighted by Crippen LogP contribution is 2.25. The molecule has 1 aliphatic heterocycles.